The predicted octanol–water partition coefficient (Wildman–Crippen LogP) is 2.94. The van der Waals surface area contributed by atoms with Crippen molar-refractivity contribution in [2.75, 3.05) is 13.1 Å². The van der Waals surface area contributed by atoms with E-state index in [1.54, 1.807) is 12.1 Å². The van der Waals surface area contributed by atoms with Crippen LogP contribution in [0.2, 0.25) is 0 Å². The topological polar surface area (TPSA) is 47.3 Å². The second-order valence-corrected chi connectivity index (χ2v) is 4.91. The average molecular weight is 286 g/mol. The van der Waals surface area contributed by atoms with E-state index in [4.69, 9.17) is 5.73 Å². The number of rotatable bonds is 10. The zero-order valence-corrected chi connectivity index (χ0v) is 11.9. The molecule has 3 nitrogen and oxygen atoms in total. The Hall–Kier alpha value is -1.20. The Labute approximate surface area is 119 Å². The lowest BCUT2D eigenvalue weighted by Crippen LogP contribution is -2.27. The summed E-state index contributed by atoms with van der Waals surface area (Å²) in [6.07, 6.45) is 4.07. The van der Waals surface area contributed by atoms with E-state index in [0.717, 1.165) is 44.3 Å². The van der Waals surface area contributed by atoms with Crippen LogP contribution in [0, 0.1) is 0 Å². The summed E-state index contributed by atoms with van der Waals surface area (Å²) in [7, 11) is 0. The molecule has 0 aliphatic carbocycles. The number of benzene rings is 1. The van der Waals surface area contributed by atoms with Crippen LogP contribution in [0.1, 0.15) is 31.7 Å². The summed E-state index contributed by atoms with van der Waals surface area (Å²) in [5.74, 6) is 0.205. The number of halogens is 2. The molecule has 3 N–H and O–H groups in total. The van der Waals surface area contributed by atoms with Gasteiger partial charge in [-0.05, 0) is 63.4 Å². The molecular formula is C15H24F2N2O. The van der Waals surface area contributed by atoms with E-state index in [0.29, 0.717) is 6.04 Å². The molecule has 0 saturated carbocycles. The molecule has 1 rings (SSSR count). The van der Waals surface area contributed by atoms with Gasteiger partial charge in [-0.25, -0.2) is 0 Å². The van der Waals surface area contributed by atoms with Gasteiger partial charge in [0.1, 0.15) is 5.75 Å². The van der Waals surface area contributed by atoms with Crippen molar-refractivity contribution in [2.24, 2.45) is 5.73 Å². The number of nitrogens with one attached hydrogen (secondary N) is 1. The number of hydrogen-bond acceptors (Lipinski definition) is 3. The minimum Gasteiger partial charge on any atom is -0.435 e. The summed E-state index contributed by atoms with van der Waals surface area (Å²) >= 11 is 0. The van der Waals surface area contributed by atoms with Crippen molar-refractivity contribution in [3.05, 3.63) is 29.8 Å². The molecule has 5 heteroatoms. The first kappa shape index (κ1) is 16.9. The Morgan fingerprint density at radius 1 is 1.20 bits per heavy atom. The molecule has 0 radical (unpaired) electrons. The van der Waals surface area contributed by atoms with E-state index in [1.807, 2.05) is 12.1 Å². The minimum atomic E-state index is -2.77. The number of nitrogens with two attached hydrogens (primary N) is 1. The maximum atomic E-state index is 12.0. The molecule has 0 aromatic heterocycles. The summed E-state index contributed by atoms with van der Waals surface area (Å²) in [4.78, 5) is 0. The van der Waals surface area contributed by atoms with Gasteiger partial charge in [0.15, 0.2) is 0 Å². The molecular weight excluding hydrogens is 262 g/mol. The monoisotopic (exact) mass is 286 g/mol. The third-order valence-electron chi connectivity index (χ3n) is 3.14. The van der Waals surface area contributed by atoms with Crippen molar-refractivity contribution in [3.63, 3.8) is 0 Å². The Bertz CT molecular complexity index is 357. The van der Waals surface area contributed by atoms with Crippen molar-refractivity contribution >= 4 is 0 Å². The third kappa shape index (κ3) is 7.40. The number of aryl methyl sites for hydroxylation is 1. The first-order valence-corrected chi connectivity index (χ1v) is 7.09. The molecule has 1 unspecified atom stereocenters. The van der Waals surface area contributed by atoms with Crippen LogP contribution in [-0.2, 0) is 6.42 Å². The van der Waals surface area contributed by atoms with Gasteiger partial charge in [0.25, 0.3) is 0 Å². The molecule has 0 saturated heterocycles. The van der Waals surface area contributed by atoms with Crippen LogP contribution >= 0.6 is 0 Å². The SMILES string of the molecule is CC(CCc1ccc(OC(F)F)cc1)NCCCCN. The normalized spacial score (nSPS) is 12.7. The van der Waals surface area contributed by atoms with Gasteiger partial charge in [0.05, 0.1) is 0 Å². The lowest BCUT2D eigenvalue weighted by Gasteiger charge is -2.13. The zero-order valence-electron chi connectivity index (χ0n) is 11.9. The molecule has 114 valence electrons. The molecule has 0 aliphatic rings. The molecule has 0 heterocycles. The van der Waals surface area contributed by atoms with E-state index >= 15 is 0 Å². The van der Waals surface area contributed by atoms with Gasteiger partial charge in [-0.3, -0.25) is 0 Å². The quantitative estimate of drug-likeness (QED) is 0.650. The molecule has 20 heavy (non-hydrogen) atoms. The number of unbranched alkanes of at least 4 members (excludes halogenated alkanes) is 1. The molecule has 0 amide bonds. The number of ether oxygens (including phenoxy) is 1. The fraction of sp³-hybridized carbons (Fsp3) is 0.600. The summed E-state index contributed by atoms with van der Waals surface area (Å²) in [6.45, 7) is 1.11. The lowest BCUT2D eigenvalue weighted by molar-refractivity contribution is -0.0498. The molecule has 1 atom stereocenters. The first-order chi connectivity index (χ1) is 9.61. The number of hydrogen-bond donors (Lipinski definition) is 2. The van der Waals surface area contributed by atoms with Gasteiger partial charge in [-0.15, -0.1) is 0 Å². The van der Waals surface area contributed by atoms with E-state index in [1.165, 1.54) is 0 Å². The Kier molecular flexibility index (Phi) is 8.14. The smallest absolute Gasteiger partial charge is 0.387 e. The minimum absolute atomic E-state index is 0.205. The Morgan fingerprint density at radius 2 is 1.90 bits per heavy atom. The van der Waals surface area contributed by atoms with Gasteiger partial charge >= 0.3 is 6.61 Å². The van der Waals surface area contributed by atoms with Crippen LogP contribution in [0.3, 0.4) is 0 Å². The Balaban J connectivity index is 2.23. The van der Waals surface area contributed by atoms with Crippen molar-refractivity contribution in [1.29, 1.82) is 0 Å². The lowest BCUT2D eigenvalue weighted by atomic mass is 10.1. The van der Waals surface area contributed by atoms with Crippen LogP contribution in [0.5, 0.6) is 5.75 Å². The van der Waals surface area contributed by atoms with Crippen LogP contribution in [0.4, 0.5) is 8.78 Å². The molecule has 0 fully saturated rings. The first-order valence-electron chi connectivity index (χ1n) is 7.09. The largest absolute Gasteiger partial charge is 0.435 e. The molecule has 0 aliphatic heterocycles. The van der Waals surface area contributed by atoms with Gasteiger partial charge in [0, 0.05) is 6.04 Å². The van der Waals surface area contributed by atoms with Gasteiger partial charge in [-0.1, -0.05) is 12.1 Å². The van der Waals surface area contributed by atoms with Crippen LogP contribution < -0.4 is 15.8 Å². The second-order valence-electron chi connectivity index (χ2n) is 4.91. The van der Waals surface area contributed by atoms with Crippen LogP contribution in [0.15, 0.2) is 24.3 Å². The molecule has 1 aromatic rings. The standard InChI is InChI=1S/C15H24F2N2O/c1-12(19-11-3-2-10-18)4-5-13-6-8-14(9-7-13)20-15(16)17/h6-9,12,15,19H,2-5,10-11,18H2,1H3. The van der Waals surface area contributed by atoms with Crippen molar-refractivity contribution in [2.45, 2.75) is 45.3 Å². The van der Waals surface area contributed by atoms with Crippen molar-refractivity contribution in [1.82, 2.24) is 5.32 Å². The van der Waals surface area contributed by atoms with E-state index in [-0.39, 0.29) is 5.75 Å². The highest BCUT2D eigenvalue weighted by Gasteiger charge is 2.05. The summed E-state index contributed by atoms with van der Waals surface area (Å²) in [5.41, 5.74) is 6.56. The third-order valence-corrected chi connectivity index (χ3v) is 3.14. The van der Waals surface area contributed by atoms with Crippen molar-refractivity contribution < 1.29 is 13.5 Å². The highest BCUT2D eigenvalue weighted by molar-refractivity contribution is 5.27. The highest BCUT2D eigenvalue weighted by atomic mass is 19.3. The fourth-order valence-corrected chi connectivity index (χ4v) is 1.94. The average Bonchev–Trinajstić information content (AvgIpc) is 2.42. The summed E-state index contributed by atoms with van der Waals surface area (Å²) < 4.78 is 28.3. The van der Waals surface area contributed by atoms with E-state index < -0.39 is 6.61 Å². The number of alkyl halides is 2. The van der Waals surface area contributed by atoms with Crippen LogP contribution in [0.25, 0.3) is 0 Å². The van der Waals surface area contributed by atoms with Gasteiger partial charge in [0.2, 0.25) is 0 Å². The van der Waals surface area contributed by atoms with E-state index in [9.17, 15) is 8.78 Å². The molecule has 0 bridgehead atoms. The summed E-state index contributed by atoms with van der Waals surface area (Å²) in [6, 6.07) is 7.27. The summed E-state index contributed by atoms with van der Waals surface area (Å²) in [5, 5.41) is 3.45. The highest BCUT2D eigenvalue weighted by Crippen LogP contribution is 2.16. The van der Waals surface area contributed by atoms with Crippen LogP contribution in [-0.4, -0.2) is 25.7 Å². The van der Waals surface area contributed by atoms with Crippen molar-refractivity contribution in [3.8, 4) is 5.75 Å². The zero-order chi connectivity index (χ0) is 14.8. The molecule has 0 spiro atoms. The maximum absolute atomic E-state index is 12.0. The van der Waals surface area contributed by atoms with Gasteiger partial charge in [-0.2, -0.15) is 8.78 Å². The Morgan fingerprint density at radius 3 is 2.50 bits per heavy atom. The predicted molar refractivity (Wildman–Crippen MR) is 77.1 cm³/mol. The van der Waals surface area contributed by atoms with Gasteiger partial charge < -0.3 is 15.8 Å². The molecule has 1 aromatic carbocycles. The fourth-order valence-electron chi connectivity index (χ4n) is 1.94. The second kappa shape index (κ2) is 9.66. The maximum Gasteiger partial charge on any atom is 0.387 e. The van der Waals surface area contributed by atoms with E-state index in [2.05, 4.69) is 17.0 Å².